The van der Waals surface area contributed by atoms with Crippen LogP contribution in [-0.2, 0) is 16.8 Å². The molecule has 0 bridgehead atoms. The van der Waals surface area contributed by atoms with Gasteiger partial charge in [-0.2, -0.15) is 12.7 Å². The molecule has 0 radical (unpaired) electrons. The van der Waals surface area contributed by atoms with E-state index in [4.69, 9.17) is 5.11 Å². The second-order valence-electron chi connectivity index (χ2n) is 4.31. The SMILES string of the molecule is CC(C)N(C)S(=O)(=O)NCCn1cnc(C(=O)O)c1. The van der Waals surface area contributed by atoms with E-state index in [9.17, 15) is 13.2 Å². The Morgan fingerprint density at radius 2 is 2.21 bits per heavy atom. The van der Waals surface area contributed by atoms with Crippen LogP contribution in [0.1, 0.15) is 24.3 Å². The maximum atomic E-state index is 11.8. The number of carboxylic acid groups (broad SMARTS) is 1. The van der Waals surface area contributed by atoms with Crippen molar-refractivity contribution in [2.75, 3.05) is 13.6 Å². The van der Waals surface area contributed by atoms with E-state index in [2.05, 4.69) is 9.71 Å². The Morgan fingerprint density at radius 3 is 2.68 bits per heavy atom. The number of rotatable bonds is 7. The van der Waals surface area contributed by atoms with Crippen LogP contribution >= 0.6 is 0 Å². The van der Waals surface area contributed by atoms with Gasteiger partial charge in [-0.25, -0.2) is 14.5 Å². The molecule has 1 aromatic rings. The van der Waals surface area contributed by atoms with E-state index in [1.807, 2.05) is 0 Å². The highest BCUT2D eigenvalue weighted by atomic mass is 32.2. The van der Waals surface area contributed by atoms with Crippen LogP contribution in [0.3, 0.4) is 0 Å². The molecule has 0 aliphatic carbocycles. The second kappa shape index (κ2) is 6.13. The summed E-state index contributed by atoms with van der Waals surface area (Å²) in [6.45, 7) is 4.02. The lowest BCUT2D eigenvalue weighted by molar-refractivity contribution is 0.0691. The number of nitrogens with zero attached hydrogens (tertiary/aromatic N) is 3. The monoisotopic (exact) mass is 290 g/mol. The maximum Gasteiger partial charge on any atom is 0.356 e. The summed E-state index contributed by atoms with van der Waals surface area (Å²) in [4.78, 5) is 14.3. The van der Waals surface area contributed by atoms with Gasteiger partial charge in [0, 0.05) is 32.4 Å². The smallest absolute Gasteiger partial charge is 0.356 e. The van der Waals surface area contributed by atoms with Crippen molar-refractivity contribution in [3.8, 4) is 0 Å². The molecule has 1 rings (SSSR count). The molecule has 1 aromatic heterocycles. The van der Waals surface area contributed by atoms with Crippen LogP contribution in [0.4, 0.5) is 0 Å². The lowest BCUT2D eigenvalue weighted by Gasteiger charge is -2.21. The number of aromatic nitrogens is 2. The molecule has 0 fully saturated rings. The number of hydrogen-bond acceptors (Lipinski definition) is 4. The third-order valence-electron chi connectivity index (χ3n) is 2.61. The topological polar surface area (TPSA) is 105 Å². The normalized spacial score (nSPS) is 12.3. The molecule has 9 heteroatoms. The van der Waals surface area contributed by atoms with Gasteiger partial charge in [0.25, 0.3) is 10.2 Å². The molecule has 8 nitrogen and oxygen atoms in total. The van der Waals surface area contributed by atoms with Gasteiger partial charge in [-0.05, 0) is 13.8 Å². The standard InChI is InChI=1S/C10H18N4O4S/c1-8(2)13(3)19(17,18)12-4-5-14-6-9(10(15)16)11-7-14/h6-8,12H,4-5H2,1-3H3,(H,15,16). The number of carbonyl (C=O) groups is 1. The molecule has 0 saturated carbocycles. The minimum atomic E-state index is -3.51. The Bertz CT molecular complexity index is 537. The van der Waals surface area contributed by atoms with Crippen molar-refractivity contribution in [1.82, 2.24) is 18.6 Å². The summed E-state index contributed by atoms with van der Waals surface area (Å²) >= 11 is 0. The summed E-state index contributed by atoms with van der Waals surface area (Å²) in [6, 6.07) is -0.135. The number of carboxylic acids is 1. The first kappa shape index (κ1) is 15.6. The lowest BCUT2D eigenvalue weighted by atomic mass is 10.4. The summed E-state index contributed by atoms with van der Waals surface area (Å²) < 4.78 is 28.7. The molecule has 0 spiro atoms. The molecular formula is C10H18N4O4S. The first-order valence-electron chi connectivity index (χ1n) is 5.71. The molecule has 0 amide bonds. The lowest BCUT2D eigenvalue weighted by Crippen LogP contribution is -2.42. The Hall–Kier alpha value is -1.45. The van der Waals surface area contributed by atoms with Crippen molar-refractivity contribution in [3.63, 3.8) is 0 Å². The number of aromatic carboxylic acids is 1. The summed E-state index contributed by atoms with van der Waals surface area (Å²) in [5.41, 5.74) is -0.0674. The highest BCUT2D eigenvalue weighted by Crippen LogP contribution is 2.00. The zero-order chi connectivity index (χ0) is 14.6. The van der Waals surface area contributed by atoms with E-state index in [-0.39, 0.29) is 18.3 Å². The van der Waals surface area contributed by atoms with Gasteiger partial charge in [0.2, 0.25) is 0 Å². The fourth-order valence-corrected chi connectivity index (χ4v) is 2.38. The van der Waals surface area contributed by atoms with Crippen molar-refractivity contribution in [3.05, 3.63) is 18.2 Å². The van der Waals surface area contributed by atoms with Crippen molar-refractivity contribution < 1.29 is 18.3 Å². The van der Waals surface area contributed by atoms with Gasteiger partial charge in [0.05, 0.1) is 6.33 Å². The average molecular weight is 290 g/mol. The number of imidazole rings is 1. The van der Waals surface area contributed by atoms with Crippen molar-refractivity contribution in [2.45, 2.75) is 26.4 Å². The van der Waals surface area contributed by atoms with Crippen LogP contribution in [0.15, 0.2) is 12.5 Å². The van der Waals surface area contributed by atoms with Gasteiger partial charge >= 0.3 is 5.97 Å². The second-order valence-corrected chi connectivity index (χ2v) is 6.13. The van der Waals surface area contributed by atoms with Gasteiger partial charge in [-0.3, -0.25) is 0 Å². The largest absolute Gasteiger partial charge is 0.476 e. The summed E-state index contributed by atoms with van der Waals surface area (Å²) in [7, 11) is -2.01. The fourth-order valence-electron chi connectivity index (χ4n) is 1.28. The molecular weight excluding hydrogens is 272 g/mol. The van der Waals surface area contributed by atoms with Crippen molar-refractivity contribution >= 4 is 16.2 Å². The molecule has 0 aliphatic rings. The summed E-state index contributed by atoms with van der Waals surface area (Å²) in [6.07, 6.45) is 2.70. The molecule has 1 heterocycles. The number of nitrogens with one attached hydrogen (secondary N) is 1. The van der Waals surface area contributed by atoms with E-state index in [1.165, 1.54) is 28.4 Å². The van der Waals surface area contributed by atoms with E-state index in [0.717, 1.165) is 0 Å². The van der Waals surface area contributed by atoms with E-state index in [0.29, 0.717) is 6.54 Å². The van der Waals surface area contributed by atoms with Gasteiger partial charge in [0.15, 0.2) is 5.69 Å². The Balaban J connectivity index is 2.52. The minimum Gasteiger partial charge on any atom is -0.476 e. The van der Waals surface area contributed by atoms with Gasteiger partial charge < -0.3 is 9.67 Å². The number of hydrogen-bond donors (Lipinski definition) is 2. The van der Waals surface area contributed by atoms with E-state index in [1.54, 1.807) is 13.8 Å². The summed E-state index contributed by atoms with van der Waals surface area (Å²) in [5, 5.41) is 8.69. The first-order valence-corrected chi connectivity index (χ1v) is 7.15. The molecule has 0 aliphatic heterocycles. The predicted molar refractivity (Wildman–Crippen MR) is 69.0 cm³/mol. The van der Waals surface area contributed by atoms with Crippen LogP contribution in [0.5, 0.6) is 0 Å². The van der Waals surface area contributed by atoms with Gasteiger partial charge in [0.1, 0.15) is 0 Å². The Kier molecular flexibility index (Phi) is 5.04. The first-order chi connectivity index (χ1) is 8.74. The van der Waals surface area contributed by atoms with Gasteiger partial charge in [-0.15, -0.1) is 0 Å². The molecule has 2 N–H and O–H groups in total. The third-order valence-corrected chi connectivity index (χ3v) is 4.36. The predicted octanol–water partition coefficient (Wildman–Crippen LogP) is -0.244. The quantitative estimate of drug-likeness (QED) is 0.721. The molecule has 0 unspecified atom stereocenters. The Morgan fingerprint density at radius 1 is 1.58 bits per heavy atom. The molecule has 0 aromatic carbocycles. The van der Waals surface area contributed by atoms with Crippen LogP contribution < -0.4 is 4.72 Å². The van der Waals surface area contributed by atoms with E-state index >= 15 is 0 Å². The third kappa shape index (κ3) is 4.30. The zero-order valence-electron chi connectivity index (χ0n) is 11.1. The van der Waals surface area contributed by atoms with E-state index < -0.39 is 16.2 Å². The molecule has 108 valence electrons. The average Bonchev–Trinajstić information content (AvgIpc) is 2.76. The molecule has 19 heavy (non-hydrogen) atoms. The van der Waals surface area contributed by atoms with Crippen LogP contribution in [0.25, 0.3) is 0 Å². The van der Waals surface area contributed by atoms with Crippen molar-refractivity contribution in [2.24, 2.45) is 0 Å². The van der Waals surface area contributed by atoms with Crippen LogP contribution in [-0.4, -0.2) is 53.0 Å². The zero-order valence-corrected chi connectivity index (χ0v) is 11.9. The van der Waals surface area contributed by atoms with Crippen molar-refractivity contribution in [1.29, 1.82) is 0 Å². The molecule has 0 atom stereocenters. The van der Waals surface area contributed by atoms with Gasteiger partial charge in [-0.1, -0.05) is 0 Å². The van der Waals surface area contributed by atoms with Crippen LogP contribution in [0.2, 0.25) is 0 Å². The minimum absolute atomic E-state index is 0.0674. The highest BCUT2D eigenvalue weighted by molar-refractivity contribution is 7.87. The van der Waals surface area contributed by atoms with Crippen LogP contribution in [0, 0.1) is 0 Å². The fraction of sp³-hybridized carbons (Fsp3) is 0.600. The summed E-state index contributed by atoms with van der Waals surface area (Å²) in [5.74, 6) is -1.11. The molecule has 0 saturated heterocycles. The maximum absolute atomic E-state index is 11.8. The Labute approximate surface area is 112 Å². The highest BCUT2D eigenvalue weighted by Gasteiger charge is 2.19.